The molecular formula is C32H24N4O2. The van der Waals surface area contributed by atoms with Gasteiger partial charge in [-0.2, -0.15) is 15.2 Å². The second kappa shape index (κ2) is 10.0. The maximum atomic E-state index is 13.8. The van der Waals surface area contributed by atoms with E-state index in [0.29, 0.717) is 17.0 Å². The molecule has 38 heavy (non-hydrogen) atoms. The van der Waals surface area contributed by atoms with Crippen LogP contribution in [0.3, 0.4) is 0 Å². The van der Waals surface area contributed by atoms with Crippen LogP contribution >= 0.6 is 0 Å². The summed E-state index contributed by atoms with van der Waals surface area (Å²) in [4.78, 5) is 13.8. The highest BCUT2D eigenvalue weighted by atomic mass is 16.5. The minimum Gasteiger partial charge on any atom is -0.497 e. The minimum atomic E-state index is -0.200. The van der Waals surface area contributed by atoms with E-state index in [1.54, 1.807) is 7.11 Å². The molecule has 1 amide bonds. The van der Waals surface area contributed by atoms with Crippen LogP contribution < -0.4 is 9.75 Å². The molecule has 184 valence electrons. The third-order valence-corrected chi connectivity index (χ3v) is 6.35. The molecule has 0 aliphatic carbocycles. The molecule has 1 aromatic heterocycles. The lowest BCUT2D eigenvalue weighted by Gasteiger charge is -2.10. The summed E-state index contributed by atoms with van der Waals surface area (Å²) in [5, 5.41) is 11.1. The van der Waals surface area contributed by atoms with E-state index in [-0.39, 0.29) is 5.91 Å². The quantitative estimate of drug-likeness (QED) is 0.256. The Morgan fingerprint density at radius 3 is 1.95 bits per heavy atom. The number of carbonyl (C=O) groups is 1. The topological polar surface area (TPSA) is 59.7 Å². The van der Waals surface area contributed by atoms with Crippen LogP contribution in [0.1, 0.15) is 11.1 Å². The second-order valence-electron chi connectivity index (χ2n) is 8.77. The van der Waals surface area contributed by atoms with Crippen LogP contribution in [0.2, 0.25) is 0 Å². The van der Waals surface area contributed by atoms with E-state index >= 15 is 0 Å². The summed E-state index contributed by atoms with van der Waals surface area (Å²) in [5.74, 6) is 0.535. The van der Waals surface area contributed by atoms with Gasteiger partial charge < -0.3 is 4.74 Å². The summed E-state index contributed by atoms with van der Waals surface area (Å²) in [7, 11) is 1.63. The smallest absolute Gasteiger partial charge is 0.281 e. The SMILES string of the molecule is COc1ccc(C2=NN(c3ccccc3)C(=O)C2=Cc2cn(-c3ccccc3)nc2-c2ccccc2)cc1. The van der Waals surface area contributed by atoms with Gasteiger partial charge in [0.15, 0.2) is 0 Å². The fraction of sp³-hybridized carbons (Fsp3) is 0.0312. The third kappa shape index (κ3) is 4.40. The highest BCUT2D eigenvalue weighted by Gasteiger charge is 2.32. The molecule has 6 nitrogen and oxygen atoms in total. The van der Waals surface area contributed by atoms with E-state index in [2.05, 4.69) is 0 Å². The fourth-order valence-corrected chi connectivity index (χ4v) is 4.43. The normalized spacial score (nSPS) is 14.1. The van der Waals surface area contributed by atoms with Gasteiger partial charge in [0, 0.05) is 22.9 Å². The molecule has 0 spiro atoms. The zero-order valence-corrected chi connectivity index (χ0v) is 20.7. The molecule has 0 saturated carbocycles. The highest BCUT2D eigenvalue weighted by molar-refractivity contribution is 6.37. The molecule has 4 aromatic carbocycles. The molecule has 0 fully saturated rings. The first-order valence-corrected chi connectivity index (χ1v) is 12.3. The molecule has 1 aliphatic heterocycles. The van der Waals surface area contributed by atoms with E-state index in [9.17, 15) is 4.79 Å². The minimum absolute atomic E-state index is 0.200. The molecule has 0 radical (unpaired) electrons. The van der Waals surface area contributed by atoms with Gasteiger partial charge in [-0.15, -0.1) is 0 Å². The molecule has 6 rings (SSSR count). The molecule has 0 unspecified atom stereocenters. The maximum absolute atomic E-state index is 13.8. The Balaban J connectivity index is 1.51. The van der Waals surface area contributed by atoms with Gasteiger partial charge in [-0.1, -0.05) is 66.7 Å². The van der Waals surface area contributed by atoms with Crippen molar-refractivity contribution in [2.24, 2.45) is 5.10 Å². The lowest BCUT2D eigenvalue weighted by atomic mass is 9.99. The van der Waals surface area contributed by atoms with Crippen LogP contribution in [0, 0.1) is 0 Å². The summed E-state index contributed by atoms with van der Waals surface area (Å²) in [5.41, 5.74) is 6.10. The van der Waals surface area contributed by atoms with E-state index in [1.807, 2.05) is 132 Å². The van der Waals surface area contributed by atoms with Crippen molar-refractivity contribution in [1.29, 1.82) is 0 Å². The van der Waals surface area contributed by atoms with Crippen molar-refractivity contribution >= 4 is 23.4 Å². The first-order chi connectivity index (χ1) is 18.7. The van der Waals surface area contributed by atoms with Gasteiger partial charge in [0.2, 0.25) is 0 Å². The summed E-state index contributed by atoms with van der Waals surface area (Å²) < 4.78 is 7.17. The van der Waals surface area contributed by atoms with Gasteiger partial charge in [0.05, 0.1) is 29.8 Å². The number of anilines is 1. The Labute approximate surface area is 220 Å². The molecule has 0 N–H and O–H groups in total. The van der Waals surface area contributed by atoms with Crippen LogP contribution in [0.25, 0.3) is 23.0 Å². The van der Waals surface area contributed by atoms with Crippen molar-refractivity contribution in [1.82, 2.24) is 9.78 Å². The van der Waals surface area contributed by atoms with Gasteiger partial charge in [0.1, 0.15) is 11.5 Å². The number of amides is 1. The first kappa shape index (κ1) is 23.2. The van der Waals surface area contributed by atoms with E-state index in [4.69, 9.17) is 14.9 Å². The van der Waals surface area contributed by atoms with Crippen molar-refractivity contribution < 1.29 is 9.53 Å². The van der Waals surface area contributed by atoms with Crippen molar-refractivity contribution in [3.05, 3.63) is 138 Å². The number of hydrogen-bond donors (Lipinski definition) is 0. The molecule has 1 aliphatic rings. The Hall–Kier alpha value is -5.23. The van der Waals surface area contributed by atoms with Crippen LogP contribution in [0.4, 0.5) is 5.69 Å². The number of methoxy groups -OCH3 is 1. The average Bonchev–Trinajstić information content (AvgIpc) is 3.56. The van der Waals surface area contributed by atoms with Crippen molar-refractivity contribution in [3.8, 4) is 22.7 Å². The van der Waals surface area contributed by atoms with Crippen LogP contribution in [-0.4, -0.2) is 28.5 Å². The molecule has 6 heteroatoms. The van der Waals surface area contributed by atoms with Crippen LogP contribution in [0.15, 0.2) is 132 Å². The molecule has 5 aromatic rings. The maximum Gasteiger partial charge on any atom is 0.281 e. The van der Waals surface area contributed by atoms with Gasteiger partial charge >= 0.3 is 0 Å². The highest BCUT2D eigenvalue weighted by Crippen LogP contribution is 2.31. The Bertz CT molecular complexity index is 1640. The van der Waals surface area contributed by atoms with E-state index in [1.165, 1.54) is 5.01 Å². The summed E-state index contributed by atoms with van der Waals surface area (Å²) in [6, 6.07) is 36.9. The summed E-state index contributed by atoms with van der Waals surface area (Å²) >= 11 is 0. The first-order valence-electron chi connectivity index (χ1n) is 12.3. The molecule has 0 saturated heterocycles. The Morgan fingerprint density at radius 2 is 1.32 bits per heavy atom. The predicted octanol–water partition coefficient (Wildman–Crippen LogP) is 6.38. The standard InChI is InChI=1S/C32H24N4O2/c1-38-28-19-17-24(18-20-28)31-29(32(37)36(34-31)27-15-9-4-10-16-27)21-25-22-35(26-13-7-3-8-14-26)33-30(25)23-11-5-2-6-12-23/h2-22H,1H3. The molecule has 0 atom stereocenters. The van der Waals surface area contributed by atoms with Crippen molar-refractivity contribution in [2.45, 2.75) is 0 Å². The lowest BCUT2D eigenvalue weighted by Crippen LogP contribution is -2.21. The third-order valence-electron chi connectivity index (χ3n) is 6.35. The van der Waals surface area contributed by atoms with Crippen LogP contribution in [0.5, 0.6) is 5.75 Å². The molecule has 2 heterocycles. The molecular weight excluding hydrogens is 472 g/mol. The van der Waals surface area contributed by atoms with Gasteiger partial charge in [-0.3, -0.25) is 4.79 Å². The van der Waals surface area contributed by atoms with E-state index in [0.717, 1.165) is 33.8 Å². The number of ether oxygens (including phenoxy) is 1. The van der Waals surface area contributed by atoms with E-state index < -0.39 is 0 Å². The van der Waals surface area contributed by atoms with Crippen LogP contribution in [-0.2, 0) is 4.79 Å². The number of rotatable bonds is 6. The second-order valence-corrected chi connectivity index (χ2v) is 8.77. The largest absolute Gasteiger partial charge is 0.497 e. The number of nitrogens with zero attached hydrogens (tertiary/aromatic N) is 4. The van der Waals surface area contributed by atoms with Crippen molar-refractivity contribution in [2.75, 3.05) is 12.1 Å². The number of benzene rings is 4. The number of para-hydroxylation sites is 2. The van der Waals surface area contributed by atoms with Gasteiger partial charge in [-0.25, -0.2) is 4.68 Å². The Kier molecular flexibility index (Phi) is 6.12. The average molecular weight is 497 g/mol. The molecule has 0 bridgehead atoms. The zero-order valence-electron chi connectivity index (χ0n) is 20.7. The monoisotopic (exact) mass is 496 g/mol. The summed E-state index contributed by atoms with van der Waals surface area (Å²) in [6.07, 6.45) is 3.85. The lowest BCUT2D eigenvalue weighted by molar-refractivity contribution is -0.114. The fourth-order valence-electron chi connectivity index (χ4n) is 4.43. The van der Waals surface area contributed by atoms with Crippen molar-refractivity contribution in [3.63, 3.8) is 0 Å². The van der Waals surface area contributed by atoms with Gasteiger partial charge in [-0.05, 0) is 54.6 Å². The zero-order chi connectivity index (χ0) is 25.9. The number of carbonyl (C=O) groups excluding carboxylic acids is 1. The Morgan fingerprint density at radius 1 is 0.711 bits per heavy atom. The summed E-state index contributed by atoms with van der Waals surface area (Å²) in [6.45, 7) is 0. The van der Waals surface area contributed by atoms with Gasteiger partial charge in [0.25, 0.3) is 5.91 Å². The number of aromatic nitrogens is 2. The number of hydrogen-bond acceptors (Lipinski definition) is 4. The predicted molar refractivity (Wildman–Crippen MR) is 150 cm³/mol. The number of hydrazone groups is 1.